The van der Waals surface area contributed by atoms with Crippen molar-refractivity contribution in [1.29, 1.82) is 5.26 Å². The first-order valence-corrected chi connectivity index (χ1v) is 5.96. The normalized spacial score (nSPS) is 9.95. The van der Waals surface area contributed by atoms with E-state index in [2.05, 4.69) is 5.32 Å². The average molecular weight is 288 g/mol. The van der Waals surface area contributed by atoms with Gasteiger partial charge in [-0.1, -0.05) is 6.07 Å². The van der Waals surface area contributed by atoms with Crippen LogP contribution in [0.25, 0.3) is 0 Å². The minimum absolute atomic E-state index is 0.0904. The van der Waals surface area contributed by atoms with Crippen LogP contribution in [0.2, 0.25) is 0 Å². The zero-order valence-electron chi connectivity index (χ0n) is 10.7. The Kier molecular flexibility index (Phi) is 4.14. The smallest absolute Gasteiger partial charge is 0.338 e. The number of carboxylic acid groups (broad SMARTS) is 1. The summed E-state index contributed by atoms with van der Waals surface area (Å²) >= 11 is 0. The van der Waals surface area contributed by atoms with E-state index in [9.17, 15) is 13.6 Å². The minimum atomic E-state index is -1.33. The van der Waals surface area contributed by atoms with Gasteiger partial charge in [0.15, 0.2) is 0 Å². The van der Waals surface area contributed by atoms with Crippen molar-refractivity contribution in [2.24, 2.45) is 0 Å². The van der Waals surface area contributed by atoms with Gasteiger partial charge in [-0.25, -0.2) is 13.6 Å². The lowest BCUT2D eigenvalue weighted by molar-refractivity contribution is 0.0692. The van der Waals surface area contributed by atoms with Crippen molar-refractivity contribution in [3.63, 3.8) is 0 Å². The maximum absolute atomic E-state index is 13.5. The van der Waals surface area contributed by atoms with E-state index in [0.717, 1.165) is 12.1 Å². The summed E-state index contributed by atoms with van der Waals surface area (Å²) in [5.74, 6) is -2.76. The Morgan fingerprint density at radius 1 is 1.19 bits per heavy atom. The van der Waals surface area contributed by atoms with Gasteiger partial charge in [0.1, 0.15) is 17.7 Å². The molecule has 2 rings (SSSR count). The maximum atomic E-state index is 13.5. The number of rotatable bonds is 4. The van der Waals surface area contributed by atoms with Crippen LogP contribution in [-0.2, 0) is 6.54 Å². The quantitative estimate of drug-likeness (QED) is 0.906. The monoisotopic (exact) mass is 288 g/mol. The molecule has 2 N–H and O–H groups in total. The van der Waals surface area contributed by atoms with Gasteiger partial charge < -0.3 is 10.4 Å². The second kappa shape index (κ2) is 6.01. The highest BCUT2D eigenvalue weighted by Crippen LogP contribution is 2.16. The van der Waals surface area contributed by atoms with E-state index < -0.39 is 23.2 Å². The molecule has 0 atom stereocenters. The number of hydrogen-bond donors (Lipinski definition) is 2. The maximum Gasteiger partial charge on any atom is 0.338 e. The van der Waals surface area contributed by atoms with Gasteiger partial charge in [-0.05, 0) is 35.9 Å². The van der Waals surface area contributed by atoms with Crippen LogP contribution in [0.3, 0.4) is 0 Å². The average Bonchev–Trinajstić information content (AvgIpc) is 2.46. The summed E-state index contributed by atoms with van der Waals surface area (Å²) < 4.78 is 26.6. The van der Waals surface area contributed by atoms with Crippen LogP contribution in [0.5, 0.6) is 0 Å². The molecule has 106 valence electrons. The highest BCUT2D eigenvalue weighted by Gasteiger charge is 2.10. The van der Waals surface area contributed by atoms with Crippen molar-refractivity contribution in [2.45, 2.75) is 6.54 Å². The van der Waals surface area contributed by atoms with Crippen LogP contribution >= 0.6 is 0 Å². The Hall–Kier alpha value is -2.94. The molecular weight excluding hydrogens is 278 g/mol. The SMILES string of the molecule is N#Cc1cc(NCc2ccc(C(=O)O)c(F)c2)ccc1F. The molecule has 21 heavy (non-hydrogen) atoms. The van der Waals surface area contributed by atoms with Crippen molar-refractivity contribution in [2.75, 3.05) is 5.32 Å². The summed E-state index contributed by atoms with van der Waals surface area (Å²) in [4.78, 5) is 10.7. The molecule has 0 aliphatic rings. The fraction of sp³-hybridized carbons (Fsp3) is 0.0667. The van der Waals surface area contributed by atoms with Gasteiger partial charge in [0.2, 0.25) is 0 Å². The van der Waals surface area contributed by atoms with Crippen LogP contribution in [0.15, 0.2) is 36.4 Å². The van der Waals surface area contributed by atoms with Gasteiger partial charge in [0.25, 0.3) is 0 Å². The van der Waals surface area contributed by atoms with E-state index >= 15 is 0 Å². The summed E-state index contributed by atoms with van der Waals surface area (Å²) in [6.45, 7) is 0.216. The molecule has 0 aliphatic heterocycles. The molecule has 0 amide bonds. The van der Waals surface area contributed by atoms with Crippen molar-refractivity contribution < 1.29 is 18.7 Å². The van der Waals surface area contributed by atoms with Crippen molar-refractivity contribution >= 4 is 11.7 Å². The summed E-state index contributed by atoms with van der Waals surface area (Å²) in [6, 6.07) is 9.46. The summed E-state index contributed by atoms with van der Waals surface area (Å²) in [5, 5.41) is 20.4. The van der Waals surface area contributed by atoms with Gasteiger partial charge in [-0.2, -0.15) is 5.26 Å². The third kappa shape index (κ3) is 3.34. The second-order valence-corrected chi connectivity index (χ2v) is 4.28. The highest BCUT2D eigenvalue weighted by atomic mass is 19.1. The number of nitrogens with zero attached hydrogens (tertiary/aromatic N) is 1. The molecule has 2 aromatic carbocycles. The molecule has 0 heterocycles. The van der Waals surface area contributed by atoms with E-state index in [1.165, 1.54) is 24.3 Å². The number of halogens is 2. The molecule has 0 spiro atoms. The Balaban J connectivity index is 2.12. The third-order valence-corrected chi connectivity index (χ3v) is 2.85. The third-order valence-electron chi connectivity index (χ3n) is 2.85. The number of aromatic carboxylic acids is 1. The fourth-order valence-electron chi connectivity index (χ4n) is 1.77. The summed E-state index contributed by atoms with van der Waals surface area (Å²) in [6.07, 6.45) is 0. The minimum Gasteiger partial charge on any atom is -0.478 e. The van der Waals surface area contributed by atoms with Crippen molar-refractivity contribution in [1.82, 2.24) is 0 Å². The predicted octanol–water partition coefficient (Wildman–Crippen LogP) is 3.15. The molecule has 0 saturated carbocycles. The number of carbonyl (C=O) groups is 1. The summed E-state index contributed by atoms with van der Waals surface area (Å²) in [7, 11) is 0. The highest BCUT2D eigenvalue weighted by molar-refractivity contribution is 5.87. The number of carboxylic acids is 1. The number of nitrogens with one attached hydrogen (secondary N) is 1. The lowest BCUT2D eigenvalue weighted by Gasteiger charge is -2.08. The lowest BCUT2D eigenvalue weighted by Crippen LogP contribution is -2.04. The zero-order valence-corrected chi connectivity index (χ0v) is 10.7. The van der Waals surface area contributed by atoms with Crippen molar-refractivity contribution in [3.05, 3.63) is 64.7 Å². The van der Waals surface area contributed by atoms with E-state index in [1.54, 1.807) is 6.07 Å². The first-order valence-electron chi connectivity index (χ1n) is 5.96. The topological polar surface area (TPSA) is 73.1 Å². The van der Waals surface area contributed by atoms with Crippen LogP contribution in [0.1, 0.15) is 21.5 Å². The molecule has 2 aromatic rings. The number of anilines is 1. The second-order valence-electron chi connectivity index (χ2n) is 4.28. The van der Waals surface area contributed by atoms with E-state index in [-0.39, 0.29) is 12.1 Å². The number of nitriles is 1. The van der Waals surface area contributed by atoms with Crippen molar-refractivity contribution in [3.8, 4) is 6.07 Å². The molecule has 0 aromatic heterocycles. The first-order chi connectivity index (χ1) is 10.0. The van der Waals surface area contributed by atoms with E-state index in [4.69, 9.17) is 10.4 Å². The van der Waals surface area contributed by atoms with Gasteiger partial charge in [-0.3, -0.25) is 0 Å². The summed E-state index contributed by atoms with van der Waals surface area (Å²) in [5.41, 5.74) is 0.552. The van der Waals surface area contributed by atoms with Crippen LogP contribution in [0.4, 0.5) is 14.5 Å². The predicted molar refractivity (Wildman–Crippen MR) is 71.8 cm³/mol. The molecular formula is C15H10F2N2O2. The fourth-order valence-corrected chi connectivity index (χ4v) is 1.77. The van der Waals surface area contributed by atoms with Gasteiger partial charge in [0, 0.05) is 12.2 Å². The Morgan fingerprint density at radius 2 is 1.95 bits per heavy atom. The van der Waals surface area contributed by atoms with E-state index in [0.29, 0.717) is 11.3 Å². The molecule has 6 heteroatoms. The molecule has 0 bridgehead atoms. The molecule has 0 unspecified atom stereocenters. The first kappa shape index (κ1) is 14.5. The molecule has 0 fully saturated rings. The Labute approximate surface area is 119 Å². The van der Waals surface area contributed by atoms with Gasteiger partial charge >= 0.3 is 5.97 Å². The van der Waals surface area contributed by atoms with Crippen LogP contribution < -0.4 is 5.32 Å². The van der Waals surface area contributed by atoms with Gasteiger partial charge in [0.05, 0.1) is 11.1 Å². The molecule has 0 aliphatic carbocycles. The Bertz CT molecular complexity index is 739. The number of benzene rings is 2. The molecule has 4 nitrogen and oxygen atoms in total. The molecule has 0 saturated heterocycles. The van der Waals surface area contributed by atoms with Gasteiger partial charge in [-0.15, -0.1) is 0 Å². The zero-order chi connectivity index (χ0) is 15.4. The van der Waals surface area contributed by atoms with Crippen LogP contribution in [-0.4, -0.2) is 11.1 Å². The number of hydrogen-bond acceptors (Lipinski definition) is 3. The van der Waals surface area contributed by atoms with Crippen LogP contribution in [0, 0.1) is 23.0 Å². The largest absolute Gasteiger partial charge is 0.478 e. The van der Waals surface area contributed by atoms with E-state index in [1.807, 2.05) is 0 Å². The standard InChI is InChI=1S/C15H10F2N2O2/c16-13-4-2-11(6-10(13)7-18)19-8-9-1-3-12(15(20)21)14(17)5-9/h1-6,19H,8H2,(H,20,21). The lowest BCUT2D eigenvalue weighted by atomic mass is 10.1. The molecule has 0 radical (unpaired) electrons. The Morgan fingerprint density at radius 3 is 2.57 bits per heavy atom.